The standard InChI is InChI=1S/C19H23N3O4S/c1-14-7-9-18(10-8-14)22(27(3,25)26)12-11-19(24)21-17-6-4-5-16(13-17)20-15(2)23/h4-10,13H,11-12H2,1-3H3,(H,20,23)(H,21,24). The third kappa shape index (κ3) is 6.41. The lowest BCUT2D eigenvalue weighted by Crippen LogP contribution is -2.33. The number of rotatable bonds is 7. The second-order valence-electron chi connectivity index (χ2n) is 6.23. The predicted molar refractivity (Wildman–Crippen MR) is 107 cm³/mol. The molecule has 144 valence electrons. The van der Waals surface area contributed by atoms with Crippen LogP contribution in [-0.4, -0.2) is 33.0 Å². The van der Waals surface area contributed by atoms with Gasteiger partial charge in [0.05, 0.1) is 11.9 Å². The molecule has 0 aliphatic heterocycles. The van der Waals surface area contributed by atoms with E-state index in [-0.39, 0.29) is 24.8 Å². The first-order valence-electron chi connectivity index (χ1n) is 8.37. The lowest BCUT2D eigenvalue weighted by atomic mass is 10.2. The lowest BCUT2D eigenvalue weighted by molar-refractivity contribution is -0.116. The smallest absolute Gasteiger partial charge is 0.232 e. The maximum absolute atomic E-state index is 12.2. The Morgan fingerprint density at radius 2 is 1.59 bits per heavy atom. The molecule has 2 amide bonds. The molecule has 0 heterocycles. The summed E-state index contributed by atoms with van der Waals surface area (Å²) >= 11 is 0. The Morgan fingerprint density at radius 1 is 1.00 bits per heavy atom. The van der Waals surface area contributed by atoms with Crippen LogP contribution in [0.4, 0.5) is 17.1 Å². The molecule has 0 saturated carbocycles. The van der Waals surface area contributed by atoms with Crippen LogP contribution < -0.4 is 14.9 Å². The summed E-state index contributed by atoms with van der Waals surface area (Å²) in [5.74, 6) is -0.531. The van der Waals surface area contributed by atoms with E-state index in [1.165, 1.54) is 11.2 Å². The van der Waals surface area contributed by atoms with Crippen molar-refractivity contribution in [3.8, 4) is 0 Å². The van der Waals surface area contributed by atoms with E-state index in [9.17, 15) is 18.0 Å². The number of aryl methyl sites for hydroxylation is 1. The number of benzene rings is 2. The van der Waals surface area contributed by atoms with Crippen LogP contribution in [0.2, 0.25) is 0 Å². The number of carbonyl (C=O) groups is 2. The number of nitrogens with zero attached hydrogens (tertiary/aromatic N) is 1. The van der Waals surface area contributed by atoms with E-state index < -0.39 is 10.0 Å². The minimum atomic E-state index is -3.51. The van der Waals surface area contributed by atoms with Gasteiger partial charge in [-0.2, -0.15) is 0 Å². The second-order valence-corrected chi connectivity index (χ2v) is 8.14. The molecule has 0 fully saturated rings. The lowest BCUT2D eigenvalue weighted by Gasteiger charge is -2.22. The predicted octanol–water partition coefficient (Wildman–Crippen LogP) is 2.75. The molecule has 0 atom stereocenters. The highest BCUT2D eigenvalue weighted by Gasteiger charge is 2.18. The molecule has 0 unspecified atom stereocenters. The van der Waals surface area contributed by atoms with Crippen molar-refractivity contribution >= 4 is 38.9 Å². The summed E-state index contributed by atoms with van der Waals surface area (Å²) in [6.45, 7) is 3.34. The van der Waals surface area contributed by atoms with E-state index in [0.717, 1.165) is 11.8 Å². The number of sulfonamides is 1. The summed E-state index contributed by atoms with van der Waals surface area (Å²) in [5, 5.41) is 5.35. The zero-order valence-corrected chi connectivity index (χ0v) is 16.3. The highest BCUT2D eigenvalue weighted by molar-refractivity contribution is 7.92. The fourth-order valence-electron chi connectivity index (χ4n) is 2.50. The Kier molecular flexibility index (Phi) is 6.57. The van der Waals surface area contributed by atoms with Crippen molar-refractivity contribution in [2.75, 3.05) is 27.7 Å². The second kappa shape index (κ2) is 8.68. The summed E-state index contributed by atoms with van der Waals surface area (Å²) < 4.78 is 25.4. The molecular weight excluding hydrogens is 366 g/mol. The fourth-order valence-corrected chi connectivity index (χ4v) is 3.43. The number of hydrogen-bond donors (Lipinski definition) is 2. The van der Waals surface area contributed by atoms with Gasteiger partial charge in [0.25, 0.3) is 0 Å². The molecular formula is C19H23N3O4S. The highest BCUT2D eigenvalue weighted by atomic mass is 32.2. The van der Waals surface area contributed by atoms with Crippen molar-refractivity contribution in [3.05, 3.63) is 54.1 Å². The van der Waals surface area contributed by atoms with Gasteiger partial charge < -0.3 is 10.6 Å². The monoisotopic (exact) mass is 389 g/mol. The Hall–Kier alpha value is -2.87. The van der Waals surface area contributed by atoms with Gasteiger partial charge in [-0.05, 0) is 37.3 Å². The van der Waals surface area contributed by atoms with Gasteiger partial charge in [0.15, 0.2) is 0 Å². The van der Waals surface area contributed by atoms with Crippen LogP contribution in [0.1, 0.15) is 18.9 Å². The molecule has 0 spiro atoms. The maximum atomic E-state index is 12.2. The van der Waals surface area contributed by atoms with E-state index in [0.29, 0.717) is 17.1 Å². The third-order valence-corrected chi connectivity index (χ3v) is 4.92. The molecule has 8 heteroatoms. The Bertz CT molecular complexity index is 924. The molecule has 0 radical (unpaired) electrons. The summed E-state index contributed by atoms with van der Waals surface area (Å²) in [5.41, 5.74) is 2.62. The first-order chi connectivity index (χ1) is 12.6. The largest absolute Gasteiger partial charge is 0.326 e. The number of hydrogen-bond acceptors (Lipinski definition) is 4. The van der Waals surface area contributed by atoms with Crippen molar-refractivity contribution in [3.63, 3.8) is 0 Å². The summed E-state index contributed by atoms with van der Waals surface area (Å²) in [6, 6.07) is 13.8. The van der Waals surface area contributed by atoms with Gasteiger partial charge in [-0.1, -0.05) is 23.8 Å². The average Bonchev–Trinajstić information content (AvgIpc) is 2.55. The minimum Gasteiger partial charge on any atom is -0.326 e. The number of anilines is 3. The van der Waals surface area contributed by atoms with Gasteiger partial charge in [0.2, 0.25) is 21.8 Å². The molecule has 0 saturated heterocycles. The van der Waals surface area contributed by atoms with Crippen molar-refractivity contribution in [2.24, 2.45) is 0 Å². The SMILES string of the molecule is CC(=O)Nc1cccc(NC(=O)CCN(c2ccc(C)cc2)S(C)(=O)=O)c1. The van der Waals surface area contributed by atoms with Crippen LogP contribution >= 0.6 is 0 Å². The molecule has 2 rings (SSSR count). The Labute approximate surface area is 159 Å². The zero-order valence-electron chi connectivity index (χ0n) is 15.5. The van der Waals surface area contributed by atoms with Crippen molar-refractivity contribution < 1.29 is 18.0 Å². The van der Waals surface area contributed by atoms with Crippen LogP contribution in [0, 0.1) is 6.92 Å². The number of nitrogens with one attached hydrogen (secondary N) is 2. The molecule has 0 aliphatic rings. The molecule has 2 aromatic carbocycles. The topological polar surface area (TPSA) is 95.6 Å². The van der Waals surface area contributed by atoms with Crippen LogP contribution in [0.15, 0.2) is 48.5 Å². The summed E-state index contributed by atoms with van der Waals surface area (Å²) in [7, 11) is -3.51. The quantitative estimate of drug-likeness (QED) is 0.761. The van der Waals surface area contributed by atoms with Gasteiger partial charge in [-0.3, -0.25) is 13.9 Å². The summed E-state index contributed by atoms with van der Waals surface area (Å²) in [6.07, 6.45) is 1.10. The van der Waals surface area contributed by atoms with E-state index in [1.807, 2.05) is 19.1 Å². The maximum Gasteiger partial charge on any atom is 0.232 e. The van der Waals surface area contributed by atoms with Crippen LogP contribution in [-0.2, 0) is 19.6 Å². The molecule has 7 nitrogen and oxygen atoms in total. The highest BCUT2D eigenvalue weighted by Crippen LogP contribution is 2.19. The first-order valence-corrected chi connectivity index (χ1v) is 10.2. The van der Waals surface area contributed by atoms with E-state index >= 15 is 0 Å². The van der Waals surface area contributed by atoms with Crippen molar-refractivity contribution in [1.29, 1.82) is 0 Å². The van der Waals surface area contributed by atoms with Gasteiger partial charge in [-0.25, -0.2) is 8.42 Å². The van der Waals surface area contributed by atoms with Crippen LogP contribution in [0.25, 0.3) is 0 Å². The Morgan fingerprint density at radius 3 is 2.15 bits per heavy atom. The van der Waals surface area contributed by atoms with Crippen molar-refractivity contribution in [1.82, 2.24) is 0 Å². The van der Waals surface area contributed by atoms with Gasteiger partial charge in [-0.15, -0.1) is 0 Å². The summed E-state index contributed by atoms with van der Waals surface area (Å²) in [4.78, 5) is 23.4. The number of amides is 2. The molecule has 0 aliphatic carbocycles. The van der Waals surface area contributed by atoms with Crippen LogP contribution in [0.5, 0.6) is 0 Å². The molecule has 27 heavy (non-hydrogen) atoms. The van der Waals surface area contributed by atoms with E-state index in [2.05, 4.69) is 10.6 Å². The third-order valence-electron chi connectivity index (χ3n) is 3.73. The number of carbonyl (C=O) groups excluding carboxylic acids is 2. The Balaban J connectivity index is 2.04. The van der Waals surface area contributed by atoms with Crippen molar-refractivity contribution in [2.45, 2.75) is 20.3 Å². The molecule has 0 aromatic heterocycles. The normalized spacial score (nSPS) is 10.9. The fraction of sp³-hybridized carbons (Fsp3) is 0.263. The van der Waals surface area contributed by atoms with Gasteiger partial charge in [0, 0.05) is 31.3 Å². The van der Waals surface area contributed by atoms with Gasteiger partial charge in [0.1, 0.15) is 0 Å². The van der Waals surface area contributed by atoms with Crippen LogP contribution in [0.3, 0.4) is 0 Å². The average molecular weight is 389 g/mol. The first kappa shape index (κ1) is 20.4. The molecule has 2 aromatic rings. The molecule has 0 bridgehead atoms. The van der Waals surface area contributed by atoms with E-state index in [1.54, 1.807) is 36.4 Å². The zero-order chi connectivity index (χ0) is 20.0. The minimum absolute atomic E-state index is 0.00862. The van der Waals surface area contributed by atoms with Gasteiger partial charge >= 0.3 is 0 Å². The molecule has 2 N–H and O–H groups in total. The van der Waals surface area contributed by atoms with E-state index in [4.69, 9.17) is 0 Å².